The normalized spacial score (nSPS) is 22.8. The van der Waals surface area contributed by atoms with E-state index in [1.54, 1.807) is 0 Å². The van der Waals surface area contributed by atoms with Crippen LogP contribution in [0.15, 0.2) is 84.9 Å². The number of aryl methyl sites for hydroxylation is 1. The second-order valence-corrected chi connectivity index (χ2v) is 7.74. The molecule has 1 N–H and O–H groups in total. The van der Waals surface area contributed by atoms with Gasteiger partial charge in [-0.2, -0.15) is 0 Å². The van der Waals surface area contributed by atoms with Crippen molar-refractivity contribution in [3.05, 3.63) is 102 Å². The molecule has 0 bridgehead atoms. The van der Waals surface area contributed by atoms with Crippen LogP contribution in [-0.2, 0) is 6.42 Å². The third-order valence-electron chi connectivity index (χ3n) is 6.22. The van der Waals surface area contributed by atoms with Gasteiger partial charge in [-0.3, -0.25) is 0 Å². The molecule has 1 heteroatoms. The van der Waals surface area contributed by atoms with E-state index >= 15 is 0 Å². The molecular formula is C26H25N. The molecule has 0 saturated carbocycles. The van der Waals surface area contributed by atoms with E-state index in [0.29, 0.717) is 17.9 Å². The summed E-state index contributed by atoms with van der Waals surface area (Å²) in [5.74, 6) is 1.09. The van der Waals surface area contributed by atoms with Crippen molar-refractivity contribution < 1.29 is 0 Å². The van der Waals surface area contributed by atoms with Gasteiger partial charge in [0.1, 0.15) is 0 Å². The smallest absolute Gasteiger partial charge is 0.0553 e. The molecule has 0 unspecified atom stereocenters. The van der Waals surface area contributed by atoms with E-state index in [4.69, 9.17) is 0 Å². The Kier molecular flexibility index (Phi) is 4.09. The van der Waals surface area contributed by atoms with Crippen LogP contribution in [0.5, 0.6) is 0 Å². The molecule has 5 rings (SSSR count). The molecule has 0 radical (unpaired) electrons. The summed E-state index contributed by atoms with van der Waals surface area (Å²) in [6, 6.07) is 27.2. The number of hydrogen-bond acceptors (Lipinski definition) is 1. The van der Waals surface area contributed by atoms with E-state index in [0.717, 1.165) is 12.8 Å². The first-order valence-electron chi connectivity index (χ1n) is 10.0. The van der Waals surface area contributed by atoms with Crippen molar-refractivity contribution in [3.8, 4) is 11.1 Å². The molecule has 1 heterocycles. The highest BCUT2D eigenvalue weighted by Crippen LogP contribution is 2.50. The number of fused-ring (bicyclic) bond motifs is 3. The third-order valence-corrected chi connectivity index (χ3v) is 6.22. The highest BCUT2D eigenvalue weighted by molar-refractivity contribution is 5.71. The first-order valence-corrected chi connectivity index (χ1v) is 10.0. The van der Waals surface area contributed by atoms with Gasteiger partial charge in [-0.05, 0) is 58.7 Å². The standard InChI is InChI=1S/C26H25N/c1-2-18-11-13-20(14-12-18)26-23-10-6-9-22(23)24-17-21(15-16-25(24)27-26)19-7-4-3-5-8-19/h3-9,11-17,22-23,26-27H,2,10H2,1H3/t22-,23+,26-/m0/s1. The number of allylic oxidation sites excluding steroid dienone is 2. The molecule has 1 aliphatic carbocycles. The second kappa shape index (κ2) is 6.74. The summed E-state index contributed by atoms with van der Waals surface area (Å²) in [5.41, 5.74) is 8.13. The van der Waals surface area contributed by atoms with Crippen molar-refractivity contribution in [2.75, 3.05) is 5.32 Å². The molecule has 134 valence electrons. The molecule has 3 aromatic carbocycles. The first-order chi connectivity index (χ1) is 13.3. The molecule has 27 heavy (non-hydrogen) atoms. The minimum absolute atomic E-state index is 0.381. The average molecular weight is 351 g/mol. The molecular weight excluding hydrogens is 326 g/mol. The number of rotatable bonds is 3. The summed E-state index contributed by atoms with van der Waals surface area (Å²) >= 11 is 0. The maximum absolute atomic E-state index is 3.86. The van der Waals surface area contributed by atoms with Crippen molar-refractivity contribution in [2.45, 2.75) is 31.7 Å². The monoisotopic (exact) mass is 351 g/mol. The van der Waals surface area contributed by atoms with E-state index in [9.17, 15) is 0 Å². The quantitative estimate of drug-likeness (QED) is 0.515. The number of nitrogens with one attached hydrogen (secondary N) is 1. The maximum atomic E-state index is 3.86. The second-order valence-electron chi connectivity index (χ2n) is 7.74. The third kappa shape index (κ3) is 2.88. The molecule has 0 fully saturated rings. The molecule has 0 spiro atoms. The maximum Gasteiger partial charge on any atom is 0.0553 e. The van der Waals surface area contributed by atoms with Crippen molar-refractivity contribution in [1.29, 1.82) is 0 Å². The zero-order valence-electron chi connectivity index (χ0n) is 15.7. The van der Waals surface area contributed by atoms with Crippen LogP contribution < -0.4 is 5.32 Å². The zero-order chi connectivity index (χ0) is 18.2. The Labute approximate surface area is 161 Å². The first kappa shape index (κ1) is 16.4. The number of benzene rings is 3. The lowest BCUT2D eigenvalue weighted by Crippen LogP contribution is -2.29. The summed E-state index contributed by atoms with van der Waals surface area (Å²) < 4.78 is 0. The van der Waals surface area contributed by atoms with E-state index in [-0.39, 0.29) is 0 Å². The van der Waals surface area contributed by atoms with Gasteiger partial charge in [0, 0.05) is 11.6 Å². The van der Waals surface area contributed by atoms with Crippen LogP contribution in [0.25, 0.3) is 11.1 Å². The average Bonchev–Trinajstić information content (AvgIpc) is 3.24. The van der Waals surface area contributed by atoms with Crippen LogP contribution >= 0.6 is 0 Å². The summed E-state index contributed by atoms with van der Waals surface area (Å²) in [4.78, 5) is 0. The Morgan fingerprint density at radius 1 is 0.889 bits per heavy atom. The van der Waals surface area contributed by atoms with Gasteiger partial charge >= 0.3 is 0 Å². The van der Waals surface area contributed by atoms with Gasteiger partial charge < -0.3 is 5.32 Å². The summed E-state index contributed by atoms with van der Waals surface area (Å²) in [6.45, 7) is 2.21. The summed E-state index contributed by atoms with van der Waals surface area (Å²) in [5, 5.41) is 3.86. The van der Waals surface area contributed by atoms with Gasteiger partial charge in [0.2, 0.25) is 0 Å². The Morgan fingerprint density at radius 3 is 2.48 bits per heavy atom. The summed E-state index contributed by atoms with van der Waals surface area (Å²) in [6.07, 6.45) is 7.03. The van der Waals surface area contributed by atoms with Crippen molar-refractivity contribution in [1.82, 2.24) is 0 Å². The predicted octanol–water partition coefficient (Wildman–Crippen LogP) is 6.74. The Balaban J connectivity index is 1.53. The molecule has 3 aromatic rings. The largest absolute Gasteiger partial charge is 0.378 e. The molecule has 0 amide bonds. The molecule has 1 nitrogen and oxygen atoms in total. The van der Waals surface area contributed by atoms with Gasteiger partial charge in [0.15, 0.2) is 0 Å². The van der Waals surface area contributed by atoms with Crippen molar-refractivity contribution >= 4 is 5.69 Å². The van der Waals surface area contributed by atoms with Crippen LogP contribution in [0, 0.1) is 5.92 Å². The lowest BCUT2D eigenvalue weighted by molar-refractivity contribution is 0.425. The van der Waals surface area contributed by atoms with Gasteiger partial charge in [0.25, 0.3) is 0 Å². The SMILES string of the molecule is CCc1ccc([C@@H]2Nc3ccc(-c4ccccc4)cc3[C@H]3C=CC[C@H]32)cc1. The minimum Gasteiger partial charge on any atom is -0.378 e. The molecule has 0 saturated heterocycles. The zero-order valence-corrected chi connectivity index (χ0v) is 15.7. The van der Waals surface area contributed by atoms with Gasteiger partial charge in [0.05, 0.1) is 6.04 Å². The van der Waals surface area contributed by atoms with Gasteiger partial charge in [-0.25, -0.2) is 0 Å². The number of hydrogen-bond donors (Lipinski definition) is 1. The van der Waals surface area contributed by atoms with E-state index in [2.05, 4.69) is 97.2 Å². The lowest BCUT2D eigenvalue weighted by Gasteiger charge is -2.38. The molecule has 1 aliphatic heterocycles. The van der Waals surface area contributed by atoms with Crippen molar-refractivity contribution in [2.24, 2.45) is 5.92 Å². The lowest BCUT2D eigenvalue weighted by atomic mass is 9.76. The van der Waals surface area contributed by atoms with Crippen molar-refractivity contribution in [3.63, 3.8) is 0 Å². The minimum atomic E-state index is 0.381. The number of anilines is 1. The fraction of sp³-hybridized carbons (Fsp3) is 0.231. The van der Waals surface area contributed by atoms with Gasteiger partial charge in [-0.1, -0.05) is 79.7 Å². The Bertz CT molecular complexity index is 969. The molecule has 0 aromatic heterocycles. The predicted molar refractivity (Wildman–Crippen MR) is 114 cm³/mol. The highest BCUT2D eigenvalue weighted by atomic mass is 15.0. The Morgan fingerprint density at radius 2 is 1.70 bits per heavy atom. The Hall–Kier alpha value is -2.80. The van der Waals surface area contributed by atoms with Gasteiger partial charge in [-0.15, -0.1) is 0 Å². The van der Waals surface area contributed by atoms with E-state index < -0.39 is 0 Å². The summed E-state index contributed by atoms with van der Waals surface area (Å²) in [7, 11) is 0. The van der Waals surface area contributed by atoms with Crippen LogP contribution in [0.3, 0.4) is 0 Å². The molecule has 2 aliphatic rings. The van der Waals surface area contributed by atoms with Crippen LogP contribution in [-0.4, -0.2) is 0 Å². The topological polar surface area (TPSA) is 12.0 Å². The van der Waals surface area contributed by atoms with Crippen LogP contribution in [0.2, 0.25) is 0 Å². The highest BCUT2D eigenvalue weighted by Gasteiger charge is 2.37. The van der Waals surface area contributed by atoms with E-state index in [1.807, 2.05) is 0 Å². The van der Waals surface area contributed by atoms with Crippen LogP contribution in [0.4, 0.5) is 5.69 Å². The molecule has 3 atom stereocenters. The fourth-order valence-electron chi connectivity index (χ4n) is 4.70. The van der Waals surface area contributed by atoms with E-state index in [1.165, 1.54) is 33.5 Å². The van der Waals surface area contributed by atoms with Crippen LogP contribution in [0.1, 0.15) is 42.0 Å². The fourth-order valence-corrected chi connectivity index (χ4v) is 4.70.